The molecule has 1 aromatic carbocycles. The average Bonchev–Trinajstić information content (AvgIpc) is 3.18. The molecule has 10 nitrogen and oxygen atoms in total. The first kappa shape index (κ1) is 27.6. The van der Waals surface area contributed by atoms with E-state index in [-0.39, 0.29) is 32.0 Å². The van der Waals surface area contributed by atoms with Gasteiger partial charge in [0.2, 0.25) is 0 Å². The summed E-state index contributed by atoms with van der Waals surface area (Å²) in [5.41, 5.74) is 0. The van der Waals surface area contributed by atoms with Gasteiger partial charge in [0.15, 0.2) is 12.1 Å². The Morgan fingerprint density at radius 2 is 2.03 bits per heavy atom. The summed E-state index contributed by atoms with van der Waals surface area (Å²) in [6.07, 6.45) is -3.83. The highest BCUT2D eigenvalue weighted by atomic mass is 31.2. The number of esters is 1. The number of allylic oxidation sites excluding steroid dienone is 1. The van der Waals surface area contributed by atoms with Crippen LogP contribution in [-0.4, -0.2) is 68.0 Å². The van der Waals surface area contributed by atoms with Gasteiger partial charge < -0.3 is 23.8 Å². The summed E-state index contributed by atoms with van der Waals surface area (Å²) in [6.45, 7) is 2.93. The Hall–Kier alpha value is -2.66. The number of carbonyl (C=O) groups excluding carboxylic acids is 3. The Labute approximate surface area is 197 Å². The van der Waals surface area contributed by atoms with Crippen LogP contribution >= 0.6 is 8.53 Å². The zero-order valence-electron chi connectivity index (χ0n) is 19.0. The second-order valence-corrected chi connectivity index (χ2v) is 8.58. The molecule has 1 saturated heterocycles. The van der Waals surface area contributed by atoms with Gasteiger partial charge in [0.05, 0.1) is 18.9 Å². The molecule has 1 aliphatic rings. The lowest BCUT2D eigenvalue weighted by molar-refractivity contribution is -0.145. The number of alkyl halides is 1. The molecule has 2 N–H and O–H groups in total. The molecule has 0 saturated carbocycles. The molecule has 0 aliphatic carbocycles. The lowest BCUT2D eigenvalue weighted by Crippen LogP contribution is -2.42. The van der Waals surface area contributed by atoms with E-state index in [0.29, 0.717) is 11.9 Å². The van der Waals surface area contributed by atoms with Crippen LogP contribution < -0.4 is 14.9 Å². The van der Waals surface area contributed by atoms with Crippen LogP contribution in [0, 0.1) is 0 Å². The maximum Gasteiger partial charge on any atom is 0.323 e. The van der Waals surface area contributed by atoms with Crippen molar-refractivity contribution in [2.75, 3.05) is 20.2 Å². The third-order valence-corrected chi connectivity index (χ3v) is 5.48. The van der Waals surface area contributed by atoms with Crippen LogP contribution in [0.2, 0.25) is 0 Å². The van der Waals surface area contributed by atoms with Gasteiger partial charge in [-0.15, -0.1) is 0 Å². The van der Waals surface area contributed by atoms with E-state index in [1.54, 1.807) is 44.2 Å². The smallest absolute Gasteiger partial charge is 0.323 e. The van der Waals surface area contributed by atoms with Gasteiger partial charge in [-0.2, -0.15) is 0 Å². The molecule has 1 fully saturated rings. The Morgan fingerprint density at radius 1 is 1.32 bits per heavy atom. The number of halogens is 2. The maximum atomic E-state index is 14.6. The summed E-state index contributed by atoms with van der Waals surface area (Å²) in [6, 6.07) is 7.87. The van der Waals surface area contributed by atoms with E-state index >= 15 is 0 Å². The van der Waals surface area contributed by atoms with Crippen LogP contribution in [0.15, 0.2) is 42.4 Å². The zero-order chi connectivity index (χ0) is 25.1. The molecule has 0 aromatic heterocycles. The molecule has 13 heteroatoms. The molecule has 1 aromatic rings. The number of urea groups is 1. The number of ether oxygens (including phenoxy) is 2. The third-order valence-electron chi connectivity index (χ3n) is 4.30. The van der Waals surface area contributed by atoms with Crippen molar-refractivity contribution in [1.29, 1.82) is 0 Å². The van der Waals surface area contributed by atoms with E-state index in [2.05, 4.69) is 10.4 Å². The Kier molecular flexibility index (Phi) is 11.3. The molecule has 0 radical (unpaired) electrons. The highest BCUT2D eigenvalue weighted by Gasteiger charge is 2.40. The molecule has 4 unspecified atom stereocenters. The first-order chi connectivity index (χ1) is 16.2. The predicted molar refractivity (Wildman–Crippen MR) is 119 cm³/mol. The number of amides is 2. The third kappa shape index (κ3) is 8.94. The lowest BCUT2D eigenvalue weighted by atomic mass is 10.2. The monoisotopic (exact) mass is 503 g/mol. The first-order valence-corrected chi connectivity index (χ1v) is 11.6. The average molecular weight is 503 g/mol. The van der Waals surface area contributed by atoms with Crippen molar-refractivity contribution in [1.82, 2.24) is 15.3 Å². The zero-order valence-corrected chi connectivity index (χ0v) is 19.9. The summed E-state index contributed by atoms with van der Waals surface area (Å²) in [7, 11) is -0.600. The number of benzene rings is 1. The largest absolute Gasteiger partial charge is 0.462 e. The van der Waals surface area contributed by atoms with Gasteiger partial charge in [-0.05, 0) is 26.0 Å². The fourth-order valence-corrected chi connectivity index (χ4v) is 3.89. The van der Waals surface area contributed by atoms with Crippen molar-refractivity contribution in [3.63, 3.8) is 0 Å². The number of carbonyl (C=O) groups is 3. The molecule has 34 heavy (non-hydrogen) atoms. The van der Waals surface area contributed by atoms with E-state index in [1.165, 1.54) is 7.05 Å². The van der Waals surface area contributed by atoms with Crippen molar-refractivity contribution in [2.45, 2.75) is 44.9 Å². The summed E-state index contributed by atoms with van der Waals surface area (Å²) in [5, 5.41) is 5.08. The van der Waals surface area contributed by atoms with E-state index < -0.39 is 44.9 Å². The highest BCUT2D eigenvalue weighted by molar-refractivity contribution is 7.45. The molecule has 2 rings (SSSR count). The first-order valence-electron chi connectivity index (χ1n) is 10.4. The fourth-order valence-electron chi connectivity index (χ4n) is 2.83. The van der Waals surface area contributed by atoms with Gasteiger partial charge in [-0.1, -0.05) is 18.2 Å². The number of rotatable bonds is 12. The second-order valence-electron chi connectivity index (χ2n) is 7.31. The minimum absolute atomic E-state index is 0.0808. The number of hydrogen-bond acceptors (Lipinski definition) is 8. The predicted octanol–water partition coefficient (Wildman–Crippen LogP) is 2.95. The van der Waals surface area contributed by atoms with Crippen LogP contribution in [0.3, 0.4) is 0 Å². The number of hydrogen-bond donors (Lipinski definition) is 2. The molecule has 1 aliphatic heterocycles. The number of nitrogens with zero attached hydrogens (tertiary/aromatic N) is 1. The van der Waals surface area contributed by atoms with Gasteiger partial charge in [0.1, 0.15) is 30.8 Å². The van der Waals surface area contributed by atoms with Gasteiger partial charge in [0.25, 0.3) is 0 Å². The molecule has 1 heterocycles. The van der Waals surface area contributed by atoms with E-state index in [9.17, 15) is 23.2 Å². The van der Waals surface area contributed by atoms with E-state index in [1.807, 2.05) is 0 Å². The lowest BCUT2D eigenvalue weighted by Gasteiger charge is -2.25. The minimum atomic E-state index is -1.90. The number of nitrogens with one attached hydrogen (secondary N) is 2. The van der Waals surface area contributed by atoms with Crippen molar-refractivity contribution in [3.05, 3.63) is 42.4 Å². The molecular weight excluding hydrogens is 475 g/mol. The molecular formula is C21H28F2N3O7P. The van der Waals surface area contributed by atoms with Crippen molar-refractivity contribution < 1.29 is 41.7 Å². The van der Waals surface area contributed by atoms with Crippen LogP contribution in [0.5, 0.6) is 5.75 Å². The number of aldehydes is 1. The second kappa shape index (κ2) is 13.9. The standard InChI is InChI=1S/C21H28F2N3O7P/c1-14(2)31-20(28)10-25-34(33-16-7-5-4-6-8-16)30-13-18-17(23)9-19(32-18)26(21(29)24-3)11-15(22)12-27/h4-8,11-12,14,17-19,25H,9-10,13H2,1-3H3,(H,24,29)/b15-11+. The van der Waals surface area contributed by atoms with E-state index in [4.69, 9.17) is 18.5 Å². The topological polar surface area (TPSA) is 115 Å². The van der Waals surface area contributed by atoms with Gasteiger partial charge >= 0.3 is 20.5 Å². The minimum Gasteiger partial charge on any atom is -0.462 e. The van der Waals surface area contributed by atoms with Crippen molar-refractivity contribution in [2.24, 2.45) is 0 Å². The van der Waals surface area contributed by atoms with Gasteiger partial charge in [-0.3, -0.25) is 14.5 Å². The van der Waals surface area contributed by atoms with Gasteiger partial charge in [-0.25, -0.2) is 18.7 Å². The SMILES string of the molecule is CNC(=O)N(/C=C(/F)C=O)C1CC(F)C(COP(NCC(=O)OC(C)C)Oc2ccccc2)O1. The Bertz CT molecular complexity index is 847. The van der Waals surface area contributed by atoms with Crippen LogP contribution in [0.4, 0.5) is 13.6 Å². The quantitative estimate of drug-likeness (QED) is 0.194. The molecule has 0 bridgehead atoms. The molecule has 0 spiro atoms. The maximum absolute atomic E-state index is 14.6. The van der Waals surface area contributed by atoms with Crippen molar-refractivity contribution >= 4 is 26.8 Å². The normalized spacial score (nSPS) is 21.1. The Balaban J connectivity index is 2.02. The summed E-state index contributed by atoms with van der Waals surface area (Å²) in [5.74, 6) is -1.28. The fraction of sp³-hybridized carbons (Fsp3) is 0.476. The molecule has 2 amide bonds. The van der Waals surface area contributed by atoms with Crippen molar-refractivity contribution in [3.8, 4) is 5.75 Å². The van der Waals surface area contributed by atoms with Gasteiger partial charge in [0, 0.05) is 13.5 Å². The van der Waals surface area contributed by atoms with E-state index in [0.717, 1.165) is 4.90 Å². The number of para-hydroxylation sites is 1. The Morgan fingerprint density at radius 3 is 2.65 bits per heavy atom. The van der Waals surface area contributed by atoms with Crippen LogP contribution in [0.25, 0.3) is 0 Å². The van der Waals surface area contributed by atoms with Crippen LogP contribution in [0.1, 0.15) is 20.3 Å². The van der Waals surface area contributed by atoms with Crippen LogP contribution in [-0.2, 0) is 23.6 Å². The summed E-state index contributed by atoms with van der Waals surface area (Å²) >= 11 is 0. The molecule has 188 valence electrons. The highest BCUT2D eigenvalue weighted by Crippen LogP contribution is 2.37. The summed E-state index contributed by atoms with van der Waals surface area (Å²) in [4.78, 5) is 35.3. The molecule has 4 atom stereocenters. The summed E-state index contributed by atoms with van der Waals surface area (Å²) < 4.78 is 50.1.